The molecule has 27 heavy (non-hydrogen) atoms. The number of carbonyl (C=O) groups excluding carboxylic acids is 1. The smallest absolute Gasteiger partial charge is 0.161 e. The fourth-order valence-electron chi connectivity index (χ4n) is 4.39. The lowest BCUT2D eigenvalue weighted by Gasteiger charge is -2.32. The molecular formula is C24H28N2O. The molecule has 1 aromatic heterocycles. The monoisotopic (exact) mass is 360 g/mol. The highest BCUT2D eigenvalue weighted by atomic mass is 16.1. The third-order valence-corrected chi connectivity index (χ3v) is 5.90. The molecule has 140 valence electrons. The zero-order valence-corrected chi connectivity index (χ0v) is 16.1. The number of aromatic nitrogens is 1. The summed E-state index contributed by atoms with van der Waals surface area (Å²) in [6, 6.07) is 19.2. The van der Waals surface area contributed by atoms with Crippen LogP contribution in [0.15, 0.2) is 60.8 Å². The number of nitrogens with zero attached hydrogens (tertiary/aromatic N) is 2. The number of hydrogen-bond acceptors (Lipinski definition) is 2. The largest absolute Gasteiger partial charge is 0.347 e. The molecule has 0 N–H and O–H groups in total. The number of Topliss-reactive ketones (excluding diaryl/α,β-unsaturated/α-hetero) is 1. The molecule has 3 nitrogen and oxygen atoms in total. The predicted molar refractivity (Wildman–Crippen MR) is 111 cm³/mol. The van der Waals surface area contributed by atoms with Gasteiger partial charge in [0.05, 0.1) is 0 Å². The summed E-state index contributed by atoms with van der Waals surface area (Å²) in [4.78, 5) is 14.5. The number of hydrogen-bond donors (Lipinski definition) is 0. The van der Waals surface area contributed by atoms with Gasteiger partial charge in [0.2, 0.25) is 0 Å². The van der Waals surface area contributed by atoms with Crippen molar-refractivity contribution in [3.05, 3.63) is 71.9 Å². The Morgan fingerprint density at radius 1 is 0.963 bits per heavy atom. The first-order chi connectivity index (χ1) is 13.2. The minimum absolute atomic E-state index is 0.146. The fourth-order valence-corrected chi connectivity index (χ4v) is 4.39. The van der Waals surface area contributed by atoms with Gasteiger partial charge in [-0.2, -0.15) is 0 Å². The molecular weight excluding hydrogens is 332 g/mol. The number of piperidine rings is 1. The van der Waals surface area contributed by atoms with Crippen LogP contribution in [0.25, 0.3) is 10.9 Å². The SMILES string of the molecule is CC(=O)c1cn(CCCN2CCC(c3ccccc3)CC2)c2ccccc12. The standard InChI is InChI=1S/C24H28N2O/c1-19(27)23-18-26(24-11-6-5-10-22(23)24)15-7-14-25-16-12-21(13-17-25)20-8-3-2-4-9-20/h2-6,8-11,18,21H,7,12-17H2,1H3. The van der Waals surface area contributed by atoms with E-state index in [1.807, 2.05) is 12.3 Å². The van der Waals surface area contributed by atoms with Crippen LogP contribution in [0.2, 0.25) is 0 Å². The van der Waals surface area contributed by atoms with Gasteiger partial charge in [0, 0.05) is 29.2 Å². The summed E-state index contributed by atoms with van der Waals surface area (Å²) in [5.41, 5.74) is 3.51. The lowest BCUT2D eigenvalue weighted by atomic mass is 9.89. The Kier molecular flexibility index (Phi) is 5.40. The van der Waals surface area contributed by atoms with Crippen molar-refractivity contribution < 1.29 is 4.79 Å². The van der Waals surface area contributed by atoms with E-state index >= 15 is 0 Å². The van der Waals surface area contributed by atoms with E-state index < -0.39 is 0 Å². The van der Waals surface area contributed by atoms with Crippen molar-refractivity contribution in [2.45, 2.75) is 38.6 Å². The Balaban J connectivity index is 1.32. The second kappa shape index (κ2) is 8.10. The van der Waals surface area contributed by atoms with Gasteiger partial charge in [0.15, 0.2) is 5.78 Å². The van der Waals surface area contributed by atoms with Crippen LogP contribution in [0.4, 0.5) is 0 Å². The van der Waals surface area contributed by atoms with Crippen LogP contribution >= 0.6 is 0 Å². The summed E-state index contributed by atoms with van der Waals surface area (Å²) in [7, 11) is 0. The molecule has 3 heteroatoms. The summed E-state index contributed by atoms with van der Waals surface area (Å²) in [6.45, 7) is 6.12. The Labute approximate surface area is 161 Å². The lowest BCUT2D eigenvalue weighted by Crippen LogP contribution is -2.34. The first-order valence-electron chi connectivity index (χ1n) is 10.1. The normalized spacial score (nSPS) is 16.0. The number of benzene rings is 2. The van der Waals surface area contributed by atoms with Crippen molar-refractivity contribution in [1.82, 2.24) is 9.47 Å². The molecule has 1 aliphatic heterocycles. The van der Waals surface area contributed by atoms with E-state index in [1.54, 1.807) is 6.92 Å². The molecule has 1 saturated heterocycles. The average Bonchev–Trinajstić information content (AvgIpc) is 3.08. The van der Waals surface area contributed by atoms with Gasteiger partial charge < -0.3 is 9.47 Å². The Morgan fingerprint density at radius 2 is 1.67 bits per heavy atom. The van der Waals surface area contributed by atoms with E-state index in [2.05, 4.69) is 58.0 Å². The molecule has 4 rings (SSSR count). The van der Waals surface area contributed by atoms with Crippen LogP contribution in [0.5, 0.6) is 0 Å². The van der Waals surface area contributed by atoms with Gasteiger partial charge in [-0.15, -0.1) is 0 Å². The van der Waals surface area contributed by atoms with Gasteiger partial charge >= 0.3 is 0 Å². The van der Waals surface area contributed by atoms with Crippen molar-refractivity contribution in [1.29, 1.82) is 0 Å². The Hall–Kier alpha value is -2.39. The van der Waals surface area contributed by atoms with Crippen molar-refractivity contribution in [3.63, 3.8) is 0 Å². The van der Waals surface area contributed by atoms with E-state index in [0.717, 1.165) is 30.5 Å². The van der Waals surface area contributed by atoms with Crippen LogP contribution in [0.3, 0.4) is 0 Å². The third kappa shape index (κ3) is 3.98. The molecule has 1 fully saturated rings. The van der Waals surface area contributed by atoms with Gasteiger partial charge in [-0.1, -0.05) is 48.5 Å². The summed E-state index contributed by atoms with van der Waals surface area (Å²) >= 11 is 0. The molecule has 0 radical (unpaired) electrons. The molecule has 2 heterocycles. The second-order valence-electron chi connectivity index (χ2n) is 7.69. The molecule has 0 atom stereocenters. The molecule has 1 aliphatic rings. The van der Waals surface area contributed by atoms with E-state index in [1.165, 1.54) is 37.0 Å². The van der Waals surface area contributed by atoms with Crippen molar-refractivity contribution in [2.75, 3.05) is 19.6 Å². The zero-order valence-electron chi connectivity index (χ0n) is 16.1. The zero-order chi connectivity index (χ0) is 18.6. The molecule has 0 unspecified atom stereocenters. The summed E-state index contributed by atoms with van der Waals surface area (Å²) in [5, 5.41) is 1.08. The number of ketones is 1. The van der Waals surface area contributed by atoms with Gasteiger partial charge in [-0.25, -0.2) is 0 Å². The first-order valence-corrected chi connectivity index (χ1v) is 10.1. The van der Waals surface area contributed by atoms with Crippen molar-refractivity contribution >= 4 is 16.7 Å². The second-order valence-corrected chi connectivity index (χ2v) is 7.69. The topological polar surface area (TPSA) is 25.2 Å². The fraction of sp³-hybridized carbons (Fsp3) is 0.375. The highest BCUT2D eigenvalue weighted by molar-refractivity contribution is 6.06. The summed E-state index contributed by atoms with van der Waals surface area (Å²) in [6.07, 6.45) is 5.66. The lowest BCUT2D eigenvalue weighted by molar-refractivity contribution is 0.101. The van der Waals surface area contributed by atoms with Crippen LogP contribution < -0.4 is 0 Å². The van der Waals surface area contributed by atoms with Crippen molar-refractivity contribution in [2.24, 2.45) is 0 Å². The van der Waals surface area contributed by atoms with Crippen LogP contribution in [-0.2, 0) is 6.54 Å². The number of para-hydroxylation sites is 1. The molecule has 0 amide bonds. The number of fused-ring (bicyclic) bond motifs is 1. The summed E-state index contributed by atoms with van der Waals surface area (Å²) < 4.78 is 2.25. The third-order valence-electron chi connectivity index (χ3n) is 5.90. The highest BCUT2D eigenvalue weighted by Crippen LogP contribution is 2.28. The maximum atomic E-state index is 11.9. The van der Waals surface area contributed by atoms with Gasteiger partial charge in [-0.3, -0.25) is 4.79 Å². The molecule has 0 bridgehead atoms. The van der Waals surface area contributed by atoms with E-state index in [9.17, 15) is 4.79 Å². The van der Waals surface area contributed by atoms with Crippen LogP contribution in [0.1, 0.15) is 48.0 Å². The predicted octanol–water partition coefficient (Wildman–Crippen LogP) is 5.11. The molecule has 0 aliphatic carbocycles. The number of rotatable bonds is 6. The summed E-state index contributed by atoms with van der Waals surface area (Å²) in [5.74, 6) is 0.863. The van der Waals surface area contributed by atoms with E-state index in [0.29, 0.717) is 5.92 Å². The van der Waals surface area contributed by atoms with Crippen LogP contribution in [-0.4, -0.2) is 34.9 Å². The maximum absolute atomic E-state index is 11.9. The molecule has 0 saturated carbocycles. The van der Waals surface area contributed by atoms with Gasteiger partial charge in [-0.05, 0) is 63.4 Å². The van der Waals surface area contributed by atoms with E-state index in [-0.39, 0.29) is 5.78 Å². The molecule has 0 spiro atoms. The van der Waals surface area contributed by atoms with Crippen LogP contribution in [0, 0.1) is 0 Å². The van der Waals surface area contributed by atoms with Gasteiger partial charge in [0.25, 0.3) is 0 Å². The average molecular weight is 361 g/mol. The minimum atomic E-state index is 0.146. The number of carbonyl (C=O) groups is 1. The molecule has 2 aromatic carbocycles. The van der Waals surface area contributed by atoms with E-state index in [4.69, 9.17) is 0 Å². The Morgan fingerprint density at radius 3 is 2.41 bits per heavy atom. The molecule has 3 aromatic rings. The highest BCUT2D eigenvalue weighted by Gasteiger charge is 2.20. The first kappa shape index (κ1) is 18.0. The maximum Gasteiger partial charge on any atom is 0.161 e. The van der Waals surface area contributed by atoms with Crippen molar-refractivity contribution in [3.8, 4) is 0 Å². The van der Waals surface area contributed by atoms with Gasteiger partial charge in [0.1, 0.15) is 0 Å². The number of likely N-dealkylation sites (tertiary alicyclic amines) is 1. The minimum Gasteiger partial charge on any atom is -0.347 e. The Bertz CT molecular complexity index is 905. The number of aryl methyl sites for hydroxylation is 1. The quantitative estimate of drug-likeness (QED) is 0.571.